The summed E-state index contributed by atoms with van der Waals surface area (Å²) in [6.07, 6.45) is 3.78. The summed E-state index contributed by atoms with van der Waals surface area (Å²) in [6.45, 7) is 4.86. The van der Waals surface area contributed by atoms with E-state index in [1.807, 2.05) is 32.2 Å². The lowest BCUT2D eigenvalue weighted by Gasteiger charge is -2.22. The molecule has 180 valence electrons. The maximum Gasteiger partial charge on any atom is 0.293 e. The van der Waals surface area contributed by atoms with Gasteiger partial charge in [0, 0.05) is 43.0 Å². The summed E-state index contributed by atoms with van der Waals surface area (Å²) >= 11 is 0. The van der Waals surface area contributed by atoms with Crippen LogP contribution in [0.2, 0.25) is 0 Å². The number of benzene rings is 1. The summed E-state index contributed by atoms with van der Waals surface area (Å²) in [6, 6.07) is 7.56. The van der Waals surface area contributed by atoms with E-state index in [9.17, 15) is 9.90 Å². The van der Waals surface area contributed by atoms with Crippen molar-refractivity contribution >= 4 is 54.1 Å². The van der Waals surface area contributed by atoms with E-state index in [1.54, 1.807) is 30.1 Å². The number of aryl methyl sites for hydroxylation is 3. The zero-order chi connectivity index (χ0) is 22.4. The Morgan fingerprint density at radius 1 is 1.26 bits per heavy atom. The molecule has 0 radical (unpaired) electrons. The lowest BCUT2D eigenvalue weighted by Crippen LogP contribution is -2.23. The van der Waals surface area contributed by atoms with Crippen LogP contribution in [0, 0.1) is 13.8 Å². The number of oxazole rings is 1. The van der Waals surface area contributed by atoms with Gasteiger partial charge in [0.25, 0.3) is 5.91 Å². The van der Waals surface area contributed by atoms with E-state index >= 15 is 0 Å². The highest BCUT2D eigenvalue weighted by Crippen LogP contribution is 2.34. The van der Waals surface area contributed by atoms with Crippen LogP contribution in [0.1, 0.15) is 28.4 Å². The fourth-order valence-corrected chi connectivity index (χ4v) is 4.10. The zero-order valence-corrected chi connectivity index (χ0v) is 20.9. The number of aliphatic hydroxyl groups is 1. The molecule has 0 saturated carbocycles. The fraction of sp³-hybridized carbons (Fsp3) is 0.304. The van der Waals surface area contributed by atoms with Crippen LogP contribution < -0.4 is 10.2 Å². The molecule has 1 fully saturated rings. The van der Waals surface area contributed by atoms with Gasteiger partial charge in [0.15, 0.2) is 0 Å². The van der Waals surface area contributed by atoms with E-state index in [-0.39, 0.29) is 43.7 Å². The van der Waals surface area contributed by atoms with E-state index < -0.39 is 0 Å². The summed E-state index contributed by atoms with van der Waals surface area (Å²) < 4.78 is 7.61. The number of halogens is 1. The third-order valence-electron chi connectivity index (χ3n) is 5.76. The molecule has 2 N–H and O–H groups in total. The monoisotopic (exact) mass is 502 g/mol. The Labute approximate surface area is 210 Å². The van der Waals surface area contributed by atoms with Gasteiger partial charge in [-0.05, 0) is 44.5 Å². The molecule has 0 aliphatic carbocycles. The van der Waals surface area contributed by atoms with Gasteiger partial charge in [0.2, 0.25) is 11.7 Å². The van der Waals surface area contributed by atoms with Crippen LogP contribution in [-0.4, -0.2) is 50.0 Å². The van der Waals surface area contributed by atoms with Gasteiger partial charge in [0.1, 0.15) is 0 Å². The van der Waals surface area contributed by atoms with Crippen LogP contribution in [0.4, 0.5) is 11.4 Å². The second-order valence-corrected chi connectivity index (χ2v) is 8.16. The van der Waals surface area contributed by atoms with Gasteiger partial charge in [-0.3, -0.25) is 14.5 Å². The summed E-state index contributed by atoms with van der Waals surface area (Å²) in [5.41, 5.74) is 4.49. The van der Waals surface area contributed by atoms with Gasteiger partial charge in [-0.2, -0.15) is 18.6 Å². The average molecular weight is 503 g/mol. The molecule has 5 rings (SSSR count). The highest BCUT2D eigenvalue weighted by Gasteiger charge is 2.25. The van der Waals surface area contributed by atoms with Crippen LogP contribution in [0.5, 0.6) is 0 Å². The van der Waals surface area contributed by atoms with E-state index in [2.05, 4.69) is 25.3 Å². The second-order valence-electron chi connectivity index (χ2n) is 8.16. The highest BCUT2D eigenvalue weighted by atomic mass is 35.5. The molecule has 1 aliphatic rings. The Morgan fingerprint density at radius 3 is 2.76 bits per heavy atom. The van der Waals surface area contributed by atoms with Gasteiger partial charge in [0.05, 0.1) is 34.9 Å². The first kappa shape index (κ1) is 25.5. The van der Waals surface area contributed by atoms with Crippen molar-refractivity contribution in [2.45, 2.75) is 26.4 Å². The van der Waals surface area contributed by atoms with E-state index in [0.717, 1.165) is 27.8 Å². The standard InChI is InChI=1S/C23H24N6O3.ClH.H2S/c1-13-8-15(4-6-24-13)23-26-14(2)21(32-23)22(31)27-18-10-19-16(11-25-28(19)3)9-20(18)29-7-5-17(30)12-29;;/h4,6,8-11,17,30H,5,7,12H2,1-3H3,(H,27,31);1H;1H2/t17-;;/m0../s1. The van der Waals surface area contributed by atoms with Gasteiger partial charge in [-0.25, -0.2) is 4.98 Å². The Morgan fingerprint density at radius 2 is 2.06 bits per heavy atom. The molecule has 1 amide bonds. The maximum absolute atomic E-state index is 13.2. The molecular weight excluding hydrogens is 476 g/mol. The molecule has 34 heavy (non-hydrogen) atoms. The van der Waals surface area contributed by atoms with Crippen LogP contribution in [0.25, 0.3) is 22.4 Å². The molecule has 3 aromatic heterocycles. The lowest BCUT2D eigenvalue weighted by atomic mass is 10.1. The molecule has 1 aromatic carbocycles. The Kier molecular flexibility index (Phi) is 7.54. The number of nitrogens with zero attached hydrogens (tertiary/aromatic N) is 5. The van der Waals surface area contributed by atoms with E-state index in [1.165, 1.54) is 0 Å². The number of β-amino-alcohol motifs (C(OH)–C–C–N with tert-alkyl or cyclic N) is 1. The number of pyridine rings is 1. The smallest absolute Gasteiger partial charge is 0.293 e. The molecule has 1 atom stereocenters. The van der Waals surface area contributed by atoms with Gasteiger partial charge < -0.3 is 19.7 Å². The average Bonchev–Trinajstić information content (AvgIpc) is 3.46. The first-order valence-corrected chi connectivity index (χ1v) is 10.5. The Hall–Kier alpha value is -3.08. The lowest BCUT2D eigenvalue weighted by molar-refractivity contribution is 0.0996. The number of aromatic nitrogens is 4. The van der Waals surface area contributed by atoms with Crippen molar-refractivity contribution < 1.29 is 14.3 Å². The van der Waals surface area contributed by atoms with E-state index in [4.69, 9.17) is 4.42 Å². The quantitative estimate of drug-likeness (QED) is 0.438. The molecule has 4 heterocycles. The van der Waals surface area contributed by atoms with Crippen LogP contribution in [0.3, 0.4) is 0 Å². The molecule has 4 aromatic rings. The molecular formula is C23H27ClN6O3S. The summed E-state index contributed by atoms with van der Waals surface area (Å²) in [5.74, 6) is 0.157. The van der Waals surface area contributed by atoms with Crippen molar-refractivity contribution in [1.82, 2.24) is 19.7 Å². The minimum atomic E-state index is -0.383. The largest absolute Gasteiger partial charge is 0.431 e. The minimum Gasteiger partial charge on any atom is -0.431 e. The van der Waals surface area contributed by atoms with Crippen LogP contribution in [0.15, 0.2) is 41.1 Å². The number of amides is 1. The summed E-state index contributed by atoms with van der Waals surface area (Å²) in [5, 5.41) is 18.3. The predicted molar refractivity (Wildman–Crippen MR) is 138 cm³/mol. The number of carbonyl (C=O) groups is 1. The molecule has 0 unspecified atom stereocenters. The van der Waals surface area contributed by atoms with E-state index in [0.29, 0.717) is 36.8 Å². The van der Waals surface area contributed by atoms with Crippen molar-refractivity contribution in [3.63, 3.8) is 0 Å². The number of hydrogen-bond acceptors (Lipinski definition) is 7. The zero-order valence-electron chi connectivity index (χ0n) is 19.1. The topological polar surface area (TPSA) is 109 Å². The number of nitrogens with one attached hydrogen (secondary N) is 1. The number of hydrogen-bond donors (Lipinski definition) is 2. The maximum atomic E-state index is 13.2. The number of rotatable bonds is 4. The van der Waals surface area contributed by atoms with Crippen LogP contribution >= 0.6 is 25.9 Å². The predicted octanol–water partition coefficient (Wildman–Crippen LogP) is 3.60. The third-order valence-corrected chi connectivity index (χ3v) is 5.76. The molecule has 0 spiro atoms. The van der Waals surface area contributed by atoms with Gasteiger partial charge >= 0.3 is 0 Å². The van der Waals surface area contributed by atoms with Crippen molar-refractivity contribution in [1.29, 1.82) is 0 Å². The molecule has 0 bridgehead atoms. The molecule has 11 heteroatoms. The summed E-state index contributed by atoms with van der Waals surface area (Å²) in [4.78, 5) is 23.9. The molecule has 1 saturated heterocycles. The SMILES string of the molecule is Cc1cc(-c2nc(C)c(C(=O)Nc3cc4c(cnn4C)cc3N3CC[C@H](O)C3)o2)ccn1.Cl.S. The Bertz CT molecular complexity index is 1340. The van der Waals surface area contributed by atoms with Crippen molar-refractivity contribution in [2.24, 2.45) is 7.05 Å². The first-order chi connectivity index (χ1) is 15.4. The van der Waals surface area contributed by atoms with Crippen LogP contribution in [-0.2, 0) is 7.05 Å². The molecule has 1 aliphatic heterocycles. The third kappa shape index (κ3) is 4.75. The number of fused-ring (bicyclic) bond motifs is 1. The van der Waals surface area contributed by atoms with Crippen molar-refractivity contribution in [2.75, 3.05) is 23.3 Å². The molecule has 9 nitrogen and oxygen atoms in total. The number of carbonyl (C=O) groups excluding carboxylic acids is 1. The highest BCUT2D eigenvalue weighted by molar-refractivity contribution is 7.59. The van der Waals surface area contributed by atoms with Gasteiger partial charge in [-0.1, -0.05) is 0 Å². The fourth-order valence-electron chi connectivity index (χ4n) is 4.10. The van der Waals surface area contributed by atoms with Crippen molar-refractivity contribution in [3.05, 3.63) is 53.8 Å². The number of aliphatic hydroxyl groups excluding tert-OH is 1. The normalized spacial score (nSPS) is 15.2. The first-order valence-electron chi connectivity index (χ1n) is 10.5. The van der Waals surface area contributed by atoms with Gasteiger partial charge in [-0.15, -0.1) is 12.4 Å². The number of anilines is 2. The Balaban J connectivity index is 0.00000162. The second kappa shape index (κ2) is 10.0. The summed E-state index contributed by atoms with van der Waals surface area (Å²) in [7, 11) is 1.86. The minimum absolute atomic E-state index is 0. The van der Waals surface area contributed by atoms with Crippen molar-refractivity contribution in [3.8, 4) is 11.5 Å².